The highest BCUT2D eigenvalue weighted by Crippen LogP contribution is 2.13. The van der Waals surface area contributed by atoms with E-state index >= 15 is 0 Å². The smallest absolute Gasteiger partial charge is 0.310 e. The van der Waals surface area contributed by atoms with Crippen molar-refractivity contribution in [1.29, 1.82) is 0 Å². The molecule has 2 N–H and O–H groups in total. The van der Waals surface area contributed by atoms with Gasteiger partial charge in [-0.3, -0.25) is 9.59 Å². The number of aromatic nitrogens is 2. The summed E-state index contributed by atoms with van der Waals surface area (Å²) in [5, 5.41) is 14.7. The molecule has 0 atom stereocenters. The number of carboxylic acid groups (broad SMARTS) is 1. The van der Waals surface area contributed by atoms with Crippen LogP contribution in [0.25, 0.3) is 0 Å². The van der Waals surface area contributed by atoms with E-state index in [1.807, 2.05) is 0 Å². The lowest BCUT2D eigenvalue weighted by molar-refractivity contribution is -0.146. The van der Waals surface area contributed by atoms with Crippen LogP contribution in [-0.4, -0.2) is 33.7 Å². The molecule has 0 radical (unpaired) electrons. The quantitative estimate of drug-likeness (QED) is 0.762. The predicted molar refractivity (Wildman–Crippen MR) is 52.8 cm³/mol. The number of hydrogen-bond acceptors (Lipinski definition) is 5. The summed E-state index contributed by atoms with van der Waals surface area (Å²) in [7, 11) is 0. The highest BCUT2D eigenvalue weighted by atomic mass is 16.5. The van der Waals surface area contributed by atoms with Crippen LogP contribution in [0.3, 0.4) is 0 Å². The number of nitrogens with one attached hydrogen (secondary N) is 1. The second-order valence-corrected chi connectivity index (χ2v) is 4.01. The fraction of sp³-hybridized carbons (Fsp3) is 0.556. The van der Waals surface area contributed by atoms with E-state index < -0.39 is 17.3 Å². The molecule has 1 aromatic heterocycles. The van der Waals surface area contributed by atoms with E-state index in [9.17, 15) is 9.59 Å². The van der Waals surface area contributed by atoms with Crippen molar-refractivity contribution in [2.24, 2.45) is 5.41 Å². The Morgan fingerprint density at radius 1 is 1.50 bits per heavy atom. The van der Waals surface area contributed by atoms with Crippen LogP contribution >= 0.6 is 0 Å². The summed E-state index contributed by atoms with van der Waals surface area (Å²) in [5.74, 6) is -1.36. The normalized spacial score (nSPS) is 11.2. The number of rotatable bonds is 4. The second kappa shape index (κ2) is 4.30. The topological polar surface area (TPSA) is 105 Å². The molecule has 1 amide bonds. The van der Waals surface area contributed by atoms with Crippen molar-refractivity contribution in [2.75, 3.05) is 6.54 Å². The molecular weight excluding hydrogens is 214 g/mol. The minimum absolute atomic E-state index is 0.00520. The SMILES string of the molecule is Cc1nc(C(=O)NCC(C)(C)C(=O)O)no1. The van der Waals surface area contributed by atoms with Crippen molar-refractivity contribution in [1.82, 2.24) is 15.5 Å². The highest BCUT2D eigenvalue weighted by molar-refractivity contribution is 5.90. The van der Waals surface area contributed by atoms with Crippen molar-refractivity contribution in [3.63, 3.8) is 0 Å². The van der Waals surface area contributed by atoms with Crippen molar-refractivity contribution in [3.05, 3.63) is 11.7 Å². The fourth-order valence-corrected chi connectivity index (χ4v) is 0.847. The lowest BCUT2D eigenvalue weighted by atomic mass is 9.94. The zero-order valence-corrected chi connectivity index (χ0v) is 9.27. The predicted octanol–water partition coefficient (Wildman–Crippen LogP) is 0.219. The van der Waals surface area contributed by atoms with Gasteiger partial charge in [0.15, 0.2) is 0 Å². The van der Waals surface area contributed by atoms with Gasteiger partial charge < -0.3 is 14.9 Å². The van der Waals surface area contributed by atoms with Crippen LogP contribution in [-0.2, 0) is 4.79 Å². The Balaban J connectivity index is 2.57. The minimum atomic E-state index is -1.03. The van der Waals surface area contributed by atoms with Gasteiger partial charge in [-0.15, -0.1) is 0 Å². The Kier molecular flexibility index (Phi) is 3.26. The molecule has 7 heteroatoms. The third-order valence-electron chi connectivity index (χ3n) is 2.00. The summed E-state index contributed by atoms with van der Waals surface area (Å²) in [6.07, 6.45) is 0. The third kappa shape index (κ3) is 2.78. The Hall–Kier alpha value is -1.92. The van der Waals surface area contributed by atoms with Crippen LogP contribution in [0.2, 0.25) is 0 Å². The zero-order valence-electron chi connectivity index (χ0n) is 9.27. The van der Waals surface area contributed by atoms with E-state index in [-0.39, 0.29) is 18.3 Å². The molecule has 7 nitrogen and oxygen atoms in total. The molecule has 0 bridgehead atoms. The summed E-state index contributed by atoms with van der Waals surface area (Å²) in [4.78, 5) is 25.9. The number of carbonyl (C=O) groups excluding carboxylic acids is 1. The number of hydrogen-bond donors (Lipinski definition) is 2. The maximum atomic E-state index is 11.4. The van der Waals surface area contributed by atoms with Gasteiger partial charge in [0.25, 0.3) is 11.7 Å². The maximum absolute atomic E-state index is 11.4. The molecule has 0 unspecified atom stereocenters. The molecule has 0 aromatic carbocycles. The van der Waals surface area contributed by atoms with Crippen LogP contribution in [0.15, 0.2) is 4.52 Å². The number of carboxylic acids is 1. The van der Waals surface area contributed by atoms with Crippen molar-refractivity contribution in [3.8, 4) is 0 Å². The van der Waals surface area contributed by atoms with E-state index in [1.54, 1.807) is 6.92 Å². The second-order valence-electron chi connectivity index (χ2n) is 4.01. The zero-order chi connectivity index (χ0) is 12.3. The van der Waals surface area contributed by atoms with Crippen LogP contribution in [0.5, 0.6) is 0 Å². The number of amides is 1. The van der Waals surface area contributed by atoms with E-state index in [0.29, 0.717) is 0 Å². The Morgan fingerprint density at radius 3 is 2.56 bits per heavy atom. The summed E-state index contributed by atoms with van der Waals surface area (Å²) in [6.45, 7) is 4.58. The number of aliphatic carboxylic acids is 1. The molecule has 0 saturated carbocycles. The van der Waals surface area contributed by atoms with Gasteiger partial charge in [-0.25, -0.2) is 0 Å². The number of carbonyl (C=O) groups is 2. The van der Waals surface area contributed by atoms with Crippen molar-refractivity contribution in [2.45, 2.75) is 20.8 Å². The molecule has 0 saturated heterocycles. The summed E-state index contributed by atoms with van der Waals surface area (Å²) < 4.78 is 4.63. The molecule has 0 aliphatic carbocycles. The molecular formula is C9H13N3O4. The van der Waals surface area contributed by atoms with E-state index in [2.05, 4.69) is 20.0 Å². The summed E-state index contributed by atoms with van der Waals surface area (Å²) >= 11 is 0. The van der Waals surface area contributed by atoms with Crippen LogP contribution in [0, 0.1) is 12.3 Å². The number of aryl methyl sites for hydroxylation is 1. The molecule has 16 heavy (non-hydrogen) atoms. The average molecular weight is 227 g/mol. The van der Waals surface area contributed by atoms with Gasteiger partial charge in [0.2, 0.25) is 5.89 Å². The fourth-order valence-electron chi connectivity index (χ4n) is 0.847. The van der Waals surface area contributed by atoms with Crippen LogP contribution in [0.4, 0.5) is 0 Å². The van der Waals surface area contributed by atoms with Crippen molar-refractivity contribution >= 4 is 11.9 Å². The van der Waals surface area contributed by atoms with E-state index in [1.165, 1.54) is 13.8 Å². The Morgan fingerprint density at radius 2 is 2.12 bits per heavy atom. The molecule has 1 aromatic rings. The van der Waals surface area contributed by atoms with E-state index in [4.69, 9.17) is 5.11 Å². The first kappa shape index (κ1) is 12.2. The van der Waals surface area contributed by atoms with Gasteiger partial charge in [-0.2, -0.15) is 4.98 Å². The molecule has 0 spiro atoms. The first-order chi connectivity index (χ1) is 7.33. The first-order valence-corrected chi connectivity index (χ1v) is 4.65. The van der Waals surface area contributed by atoms with Crippen LogP contribution < -0.4 is 5.32 Å². The summed E-state index contributed by atoms with van der Waals surface area (Å²) in [5.41, 5.74) is -1.03. The molecule has 88 valence electrons. The monoisotopic (exact) mass is 227 g/mol. The Labute approximate surface area is 91.8 Å². The lowest BCUT2D eigenvalue weighted by Crippen LogP contribution is -2.39. The molecule has 1 heterocycles. The molecule has 1 rings (SSSR count). The van der Waals surface area contributed by atoms with Gasteiger partial charge in [-0.05, 0) is 13.8 Å². The highest BCUT2D eigenvalue weighted by Gasteiger charge is 2.28. The van der Waals surface area contributed by atoms with Gasteiger partial charge in [0, 0.05) is 13.5 Å². The lowest BCUT2D eigenvalue weighted by Gasteiger charge is -2.18. The largest absolute Gasteiger partial charge is 0.481 e. The standard InChI is InChI=1S/C9H13N3O4/c1-5-11-6(12-16-5)7(13)10-4-9(2,3)8(14)15/h4H2,1-3H3,(H,10,13)(H,14,15). The summed E-state index contributed by atoms with van der Waals surface area (Å²) in [6, 6.07) is 0. The minimum Gasteiger partial charge on any atom is -0.481 e. The molecule has 0 aliphatic rings. The van der Waals surface area contributed by atoms with Gasteiger partial charge in [0.05, 0.1) is 5.41 Å². The molecule has 0 aliphatic heterocycles. The maximum Gasteiger partial charge on any atom is 0.310 e. The number of nitrogens with zero attached hydrogens (tertiary/aromatic N) is 2. The van der Waals surface area contributed by atoms with Gasteiger partial charge >= 0.3 is 5.97 Å². The van der Waals surface area contributed by atoms with Crippen molar-refractivity contribution < 1.29 is 19.2 Å². The van der Waals surface area contributed by atoms with Gasteiger partial charge in [-0.1, -0.05) is 5.16 Å². The average Bonchev–Trinajstić information content (AvgIpc) is 2.61. The first-order valence-electron chi connectivity index (χ1n) is 4.65. The van der Waals surface area contributed by atoms with E-state index in [0.717, 1.165) is 0 Å². The Bertz CT molecular complexity index is 411. The van der Waals surface area contributed by atoms with Crippen LogP contribution in [0.1, 0.15) is 30.4 Å². The third-order valence-corrected chi connectivity index (χ3v) is 2.00. The van der Waals surface area contributed by atoms with Gasteiger partial charge in [0.1, 0.15) is 0 Å². The molecule has 0 fully saturated rings.